The average Bonchev–Trinajstić information content (AvgIpc) is 2.75. The first kappa shape index (κ1) is 12.9. The van der Waals surface area contributed by atoms with Gasteiger partial charge >= 0.3 is 0 Å². The Balaban J connectivity index is 1.94. The minimum atomic E-state index is 0.148. The van der Waals surface area contributed by atoms with Crippen LogP contribution in [0.1, 0.15) is 19.8 Å². The molecule has 15 heavy (non-hydrogen) atoms. The lowest BCUT2D eigenvalue weighted by Gasteiger charge is -2.15. The molecule has 0 amide bonds. The molecule has 0 saturated carbocycles. The van der Waals surface area contributed by atoms with Crippen LogP contribution in [0.25, 0.3) is 0 Å². The summed E-state index contributed by atoms with van der Waals surface area (Å²) in [6.45, 7) is 6.56. The molecule has 1 saturated heterocycles. The third-order valence-corrected chi connectivity index (χ3v) is 2.63. The maximum Gasteiger partial charge on any atom is 0.0719 e. The smallest absolute Gasteiger partial charge is 0.0719 e. The summed E-state index contributed by atoms with van der Waals surface area (Å²) >= 11 is 0. The Labute approximate surface area is 92.1 Å². The van der Waals surface area contributed by atoms with Gasteiger partial charge in [0.25, 0.3) is 0 Å². The normalized spacial score (nSPS) is 23.2. The van der Waals surface area contributed by atoms with Gasteiger partial charge in [-0.2, -0.15) is 0 Å². The lowest BCUT2D eigenvalue weighted by molar-refractivity contribution is 0.0241. The van der Waals surface area contributed by atoms with Crippen molar-refractivity contribution >= 4 is 0 Å². The fourth-order valence-corrected chi connectivity index (χ4v) is 1.68. The van der Waals surface area contributed by atoms with E-state index in [1.165, 1.54) is 0 Å². The SMILES string of the molecule is CCOC(CN)CCOCC1CCOC1. The molecule has 0 radical (unpaired) electrons. The van der Waals surface area contributed by atoms with E-state index >= 15 is 0 Å². The van der Waals surface area contributed by atoms with E-state index in [0.29, 0.717) is 12.5 Å². The Morgan fingerprint density at radius 3 is 3.00 bits per heavy atom. The highest BCUT2D eigenvalue weighted by atomic mass is 16.5. The Hall–Kier alpha value is -0.160. The van der Waals surface area contributed by atoms with Crippen LogP contribution in [0.3, 0.4) is 0 Å². The molecule has 2 unspecified atom stereocenters. The van der Waals surface area contributed by atoms with Crippen LogP contribution in [0.5, 0.6) is 0 Å². The summed E-state index contributed by atoms with van der Waals surface area (Å²) < 4.78 is 16.3. The van der Waals surface area contributed by atoms with Crippen molar-refractivity contribution < 1.29 is 14.2 Å². The van der Waals surface area contributed by atoms with Gasteiger partial charge in [0, 0.05) is 32.3 Å². The Morgan fingerprint density at radius 2 is 2.40 bits per heavy atom. The molecule has 1 aliphatic heterocycles. The third kappa shape index (κ3) is 5.47. The third-order valence-electron chi connectivity index (χ3n) is 2.63. The van der Waals surface area contributed by atoms with Gasteiger partial charge in [0.1, 0.15) is 0 Å². The van der Waals surface area contributed by atoms with Crippen molar-refractivity contribution in [3.8, 4) is 0 Å². The molecular weight excluding hydrogens is 194 g/mol. The highest BCUT2D eigenvalue weighted by Crippen LogP contribution is 2.12. The second kappa shape index (κ2) is 8.05. The van der Waals surface area contributed by atoms with E-state index in [0.717, 1.165) is 45.9 Å². The molecule has 0 bridgehead atoms. The average molecular weight is 217 g/mol. The van der Waals surface area contributed by atoms with E-state index < -0.39 is 0 Å². The molecule has 0 aliphatic carbocycles. The van der Waals surface area contributed by atoms with Gasteiger partial charge in [0.2, 0.25) is 0 Å². The van der Waals surface area contributed by atoms with Gasteiger partial charge in [-0.05, 0) is 19.8 Å². The second-order valence-electron chi connectivity index (χ2n) is 3.91. The molecule has 90 valence electrons. The zero-order valence-corrected chi connectivity index (χ0v) is 9.61. The first-order chi connectivity index (χ1) is 7.36. The van der Waals surface area contributed by atoms with Crippen LogP contribution in [0.15, 0.2) is 0 Å². The molecule has 1 aliphatic rings. The van der Waals surface area contributed by atoms with Crippen molar-refractivity contribution in [2.45, 2.75) is 25.9 Å². The predicted octanol–water partition coefficient (Wildman–Crippen LogP) is 0.793. The lowest BCUT2D eigenvalue weighted by atomic mass is 10.1. The maximum absolute atomic E-state index is 5.58. The number of rotatable bonds is 8. The lowest BCUT2D eigenvalue weighted by Crippen LogP contribution is -2.25. The molecule has 4 heteroatoms. The van der Waals surface area contributed by atoms with E-state index in [-0.39, 0.29) is 6.10 Å². The Morgan fingerprint density at radius 1 is 1.53 bits per heavy atom. The minimum absolute atomic E-state index is 0.148. The molecule has 0 spiro atoms. The van der Waals surface area contributed by atoms with E-state index in [2.05, 4.69) is 0 Å². The molecule has 1 rings (SSSR count). The first-order valence-corrected chi connectivity index (χ1v) is 5.84. The van der Waals surface area contributed by atoms with E-state index in [9.17, 15) is 0 Å². The number of nitrogens with two attached hydrogens (primary N) is 1. The fraction of sp³-hybridized carbons (Fsp3) is 1.00. The minimum Gasteiger partial charge on any atom is -0.381 e. The van der Waals surface area contributed by atoms with E-state index in [4.69, 9.17) is 19.9 Å². The maximum atomic E-state index is 5.58. The second-order valence-corrected chi connectivity index (χ2v) is 3.91. The molecule has 2 atom stereocenters. The molecule has 1 heterocycles. The largest absolute Gasteiger partial charge is 0.381 e. The van der Waals surface area contributed by atoms with Gasteiger partial charge in [-0.1, -0.05) is 0 Å². The van der Waals surface area contributed by atoms with Gasteiger partial charge in [-0.25, -0.2) is 0 Å². The topological polar surface area (TPSA) is 53.7 Å². The van der Waals surface area contributed by atoms with Gasteiger partial charge in [-0.15, -0.1) is 0 Å². The zero-order chi connectivity index (χ0) is 10.9. The summed E-state index contributed by atoms with van der Waals surface area (Å²) in [5.41, 5.74) is 5.56. The fourth-order valence-electron chi connectivity index (χ4n) is 1.68. The Bertz CT molecular complexity index is 149. The van der Waals surface area contributed by atoms with Crippen LogP contribution in [-0.4, -0.2) is 45.7 Å². The van der Waals surface area contributed by atoms with E-state index in [1.54, 1.807) is 0 Å². The summed E-state index contributed by atoms with van der Waals surface area (Å²) in [6, 6.07) is 0. The monoisotopic (exact) mass is 217 g/mol. The number of hydrogen-bond donors (Lipinski definition) is 1. The molecule has 0 aromatic heterocycles. The standard InChI is InChI=1S/C11H23NO3/c1-2-15-11(7-12)4-6-14-9-10-3-5-13-8-10/h10-11H,2-9,12H2,1H3. The number of ether oxygens (including phenoxy) is 3. The molecular formula is C11H23NO3. The summed E-state index contributed by atoms with van der Waals surface area (Å²) in [6.07, 6.45) is 2.17. The summed E-state index contributed by atoms with van der Waals surface area (Å²) in [7, 11) is 0. The van der Waals surface area contributed by atoms with Gasteiger partial charge in [-0.3, -0.25) is 0 Å². The van der Waals surface area contributed by atoms with Crippen molar-refractivity contribution in [1.29, 1.82) is 0 Å². The van der Waals surface area contributed by atoms with Crippen LogP contribution < -0.4 is 5.73 Å². The highest BCUT2D eigenvalue weighted by molar-refractivity contribution is 4.63. The summed E-state index contributed by atoms with van der Waals surface area (Å²) in [5, 5.41) is 0. The van der Waals surface area contributed by atoms with E-state index in [1.807, 2.05) is 6.92 Å². The van der Waals surface area contributed by atoms with Crippen LogP contribution >= 0.6 is 0 Å². The van der Waals surface area contributed by atoms with Crippen molar-refractivity contribution in [1.82, 2.24) is 0 Å². The van der Waals surface area contributed by atoms with Crippen LogP contribution in [-0.2, 0) is 14.2 Å². The number of hydrogen-bond acceptors (Lipinski definition) is 4. The predicted molar refractivity (Wildman–Crippen MR) is 58.8 cm³/mol. The van der Waals surface area contributed by atoms with Crippen molar-refractivity contribution in [3.05, 3.63) is 0 Å². The Kier molecular flexibility index (Phi) is 6.92. The first-order valence-electron chi connectivity index (χ1n) is 5.84. The van der Waals surface area contributed by atoms with Crippen LogP contribution in [0.4, 0.5) is 0 Å². The van der Waals surface area contributed by atoms with Gasteiger partial charge in [0.15, 0.2) is 0 Å². The van der Waals surface area contributed by atoms with Crippen LogP contribution in [0.2, 0.25) is 0 Å². The molecule has 0 aromatic rings. The molecule has 1 fully saturated rings. The van der Waals surface area contributed by atoms with Crippen molar-refractivity contribution in [2.24, 2.45) is 11.7 Å². The van der Waals surface area contributed by atoms with Gasteiger partial charge in [0.05, 0.1) is 19.3 Å². The van der Waals surface area contributed by atoms with Crippen molar-refractivity contribution in [3.63, 3.8) is 0 Å². The summed E-state index contributed by atoms with van der Waals surface area (Å²) in [5.74, 6) is 0.591. The molecule has 4 nitrogen and oxygen atoms in total. The zero-order valence-electron chi connectivity index (χ0n) is 9.61. The van der Waals surface area contributed by atoms with Gasteiger partial charge < -0.3 is 19.9 Å². The summed E-state index contributed by atoms with van der Waals surface area (Å²) in [4.78, 5) is 0. The molecule has 0 aromatic carbocycles. The van der Waals surface area contributed by atoms with Crippen LogP contribution in [0, 0.1) is 5.92 Å². The van der Waals surface area contributed by atoms with Crippen molar-refractivity contribution in [2.75, 3.05) is 39.6 Å². The molecule has 2 N–H and O–H groups in total. The highest BCUT2D eigenvalue weighted by Gasteiger charge is 2.15. The quantitative estimate of drug-likeness (QED) is 0.611.